The summed E-state index contributed by atoms with van der Waals surface area (Å²) in [4.78, 5) is 4.02. The van der Waals surface area contributed by atoms with Gasteiger partial charge in [-0.1, -0.05) is 0 Å². The van der Waals surface area contributed by atoms with E-state index in [2.05, 4.69) is 28.5 Å². The van der Waals surface area contributed by atoms with Crippen molar-refractivity contribution in [3.8, 4) is 0 Å². The summed E-state index contributed by atoms with van der Waals surface area (Å²) in [6, 6.07) is 4.44. The van der Waals surface area contributed by atoms with Gasteiger partial charge in [0.1, 0.15) is 0 Å². The van der Waals surface area contributed by atoms with Crippen LogP contribution >= 0.6 is 0 Å². The third-order valence-electron chi connectivity index (χ3n) is 2.83. The number of aryl methyl sites for hydroxylation is 1. The van der Waals surface area contributed by atoms with Crippen molar-refractivity contribution in [3.05, 3.63) is 48.0 Å². The molecule has 0 saturated carbocycles. The molecule has 0 bridgehead atoms. The second kappa shape index (κ2) is 5.59. The summed E-state index contributed by atoms with van der Waals surface area (Å²) >= 11 is 0. The standard InChI is InChI=1S/C13H18N4/c1-11(13-4-6-14-7-5-13)15-8-3-12-9-16-17(2)10-12/h4-7,9-11,15H,3,8H2,1-2H3/t11-/m1/s1. The van der Waals surface area contributed by atoms with Gasteiger partial charge in [-0.15, -0.1) is 0 Å². The van der Waals surface area contributed by atoms with Crippen LogP contribution in [0.1, 0.15) is 24.1 Å². The van der Waals surface area contributed by atoms with Crippen LogP contribution in [0.15, 0.2) is 36.9 Å². The highest BCUT2D eigenvalue weighted by Gasteiger charge is 2.03. The van der Waals surface area contributed by atoms with Gasteiger partial charge in [0, 0.05) is 31.7 Å². The third-order valence-corrected chi connectivity index (χ3v) is 2.83. The van der Waals surface area contributed by atoms with Crippen LogP contribution in [0, 0.1) is 0 Å². The number of nitrogens with one attached hydrogen (secondary N) is 1. The SMILES string of the molecule is C[C@@H](NCCc1cnn(C)c1)c1ccncc1. The first-order valence-corrected chi connectivity index (χ1v) is 5.86. The minimum absolute atomic E-state index is 0.356. The first-order valence-electron chi connectivity index (χ1n) is 5.86. The van der Waals surface area contributed by atoms with E-state index in [9.17, 15) is 0 Å². The fourth-order valence-corrected chi connectivity index (χ4v) is 1.80. The van der Waals surface area contributed by atoms with Crippen LogP contribution in [-0.4, -0.2) is 21.3 Å². The molecule has 0 fully saturated rings. The summed E-state index contributed by atoms with van der Waals surface area (Å²) in [7, 11) is 1.94. The maximum absolute atomic E-state index is 4.15. The number of rotatable bonds is 5. The Morgan fingerprint density at radius 2 is 2.12 bits per heavy atom. The quantitative estimate of drug-likeness (QED) is 0.850. The Bertz CT molecular complexity index is 449. The van der Waals surface area contributed by atoms with Crippen LogP contribution in [0.25, 0.3) is 0 Å². The Balaban J connectivity index is 1.79. The van der Waals surface area contributed by atoms with E-state index in [0.29, 0.717) is 6.04 Å². The topological polar surface area (TPSA) is 42.7 Å². The van der Waals surface area contributed by atoms with Crippen LogP contribution in [-0.2, 0) is 13.5 Å². The number of pyridine rings is 1. The lowest BCUT2D eigenvalue weighted by Crippen LogP contribution is -2.21. The van der Waals surface area contributed by atoms with E-state index < -0.39 is 0 Å². The van der Waals surface area contributed by atoms with Gasteiger partial charge in [0.25, 0.3) is 0 Å². The average Bonchev–Trinajstić information content (AvgIpc) is 2.76. The van der Waals surface area contributed by atoms with Crippen molar-refractivity contribution >= 4 is 0 Å². The average molecular weight is 230 g/mol. The highest BCUT2D eigenvalue weighted by Crippen LogP contribution is 2.09. The molecule has 0 unspecified atom stereocenters. The fraction of sp³-hybridized carbons (Fsp3) is 0.385. The normalized spacial score (nSPS) is 12.6. The molecular formula is C13H18N4. The zero-order valence-electron chi connectivity index (χ0n) is 10.3. The molecule has 90 valence electrons. The molecule has 4 nitrogen and oxygen atoms in total. The van der Waals surface area contributed by atoms with E-state index in [0.717, 1.165) is 13.0 Å². The Hall–Kier alpha value is -1.68. The first-order chi connectivity index (χ1) is 8.25. The van der Waals surface area contributed by atoms with E-state index in [1.54, 1.807) is 0 Å². The van der Waals surface area contributed by atoms with Gasteiger partial charge in [-0.2, -0.15) is 5.10 Å². The molecule has 0 spiro atoms. The predicted molar refractivity (Wildman–Crippen MR) is 67.6 cm³/mol. The Kier molecular flexibility index (Phi) is 3.88. The lowest BCUT2D eigenvalue weighted by molar-refractivity contribution is 0.576. The van der Waals surface area contributed by atoms with E-state index in [1.165, 1.54) is 11.1 Å². The van der Waals surface area contributed by atoms with Crippen molar-refractivity contribution in [2.75, 3.05) is 6.54 Å². The summed E-state index contributed by atoms with van der Waals surface area (Å²) in [5.74, 6) is 0. The number of aromatic nitrogens is 3. The molecule has 0 aliphatic rings. The molecule has 0 amide bonds. The van der Waals surface area contributed by atoms with Gasteiger partial charge in [-0.25, -0.2) is 0 Å². The van der Waals surface area contributed by atoms with E-state index >= 15 is 0 Å². The zero-order chi connectivity index (χ0) is 12.1. The molecule has 0 aliphatic carbocycles. The van der Waals surface area contributed by atoms with Crippen molar-refractivity contribution in [2.45, 2.75) is 19.4 Å². The first kappa shape index (κ1) is 11.8. The van der Waals surface area contributed by atoms with Gasteiger partial charge in [0.2, 0.25) is 0 Å². The van der Waals surface area contributed by atoms with Crippen molar-refractivity contribution in [3.63, 3.8) is 0 Å². The van der Waals surface area contributed by atoms with Gasteiger partial charge >= 0.3 is 0 Å². The molecule has 2 aromatic rings. The Morgan fingerprint density at radius 1 is 1.35 bits per heavy atom. The van der Waals surface area contributed by atoms with Crippen LogP contribution in [0.2, 0.25) is 0 Å². The summed E-state index contributed by atoms with van der Waals surface area (Å²) < 4.78 is 1.83. The van der Waals surface area contributed by atoms with Crippen molar-refractivity contribution in [1.82, 2.24) is 20.1 Å². The maximum atomic E-state index is 4.15. The van der Waals surface area contributed by atoms with E-state index in [-0.39, 0.29) is 0 Å². The zero-order valence-corrected chi connectivity index (χ0v) is 10.3. The molecular weight excluding hydrogens is 212 g/mol. The number of hydrogen-bond acceptors (Lipinski definition) is 3. The molecule has 0 aliphatic heterocycles. The van der Waals surface area contributed by atoms with Gasteiger partial charge in [-0.3, -0.25) is 9.67 Å². The summed E-state index contributed by atoms with van der Waals surface area (Å²) in [5, 5.41) is 7.64. The molecule has 2 heterocycles. The maximum Gasteiger partial charge on any atom is 0.0522 e. The minimum Gasteiger partial charge on any atom is -0.310 e. The highest BCUT2D eigenvalue weighted by molar-refractivity contribution is 5.14. The number of nitrogens with zero attached hydrogens (tertiary/aromatic N) is 3. The second-order valence-electron chi connectivity index (χ2n) is 4.23. The molecule has 0 radical (unpaired) electrons. The number of hydrogen-bond donors (Lipinski definition) is 1. The monoisotopic (exact) mass is 230 g/mol. The molecule has 1 atom stereocenters. The summed E-state index contributed by atoms with van der Waals surface area (Å²) in [6.07, 6.45) is 8.63. The van der Waals surface area contributed by atoms with Crippen molar-refractivity contribution in [2.24, 2.45) is 7.05 Å². The molecule has 17 heavy (non-hydrogen) atoms. The molecule has 2 aromatic heterocycles. The summed E-state index contributed by atoms with van der Waals surface area (Å²) in [6.45, 7) is 3.12. The Labute approximate surface area is 102 Å². The van der Waals surface area contributed by atoms with Crippen molar-refractivity contribution < 1.29 is 0 Å². The van der Waals surface area contributed by atoms with Crippen molar-refractivity contribution in [1.29, 1.82) is 0 Å². The minimum atomic E-state index is 0.356. The molecule has 0 saturated heterocycles. The van der Waals surface area contributed by atoms with Gasteiger partial charge in [0.15, 0.2) is 0 Å². The van der Waals surface area contributed by atoms with E-state index in [1.807, 2.05) is 42.5 Å². The largest absolute Gasteiger partial charge is 0.310 e. The highest BCUT2D eigenvalue weighted by atomic mass is 15.2. The van der Waals surface area contributed by atoms with Gasteiger partial charge in [-0.05, 0) is 43.1 Å². The smallest absolute Gasteiger partial charge is 0.0522 e. The summed E-state index contributed by atoms with van der Waals surface area (Å²) in [5.41, 5.74) is 2.54. The van der Waals surface area contributed by atoms with E-state index in [4.69, 9.17) is 0 Å². The van der Waals surface area contributed by atoms with Crippen LogP contribution in [0.4, 0.5) is 0 Å². The molecule has 1 N–H and O–H groups in total. The lowest BCUT2D eigenvalue weighted by atomic mass is 10.1. The lowest BCUT2D eigenvalue weighted by Gasteiger charge is -2.13. The molecule has 0 aromatic carbocycles. The van der Waals surface area contributed by atoms with Gasteiger partial charge in [0.05, 0.1) is 6.20 Å². The molecule has 4 heteroatoms. The van der Waals surface area contributed by atoms with Crippen LogP contribution in [0.3, 0.4) is 0 Å². The predicted octanol–water partition coefficient (Wildman–Crippen LogP) is 1.71. The second-order valence-corrected chi connectivity index (χ2v) is 4.23. The van der Waals surface area contributed by atoms with Crippen LogP contribution < -0.4 is 5.32 Å². The van der Waals surface area contributed by atoms with Gasteiger partial charge < -0.3 is 5.32 Å². The third kappa shape index (κ3) is 3.39. The molecule has 2 rings (SSSR count). The van der Waals surface area contributed by atoms with Crippen LogP contribution in [0.5, 0.6) is 0 Å². The fourth-order valence-electron chi connectivity index (χ4n) is 1.80. The Morgan fingerprint density at radius 3 is 2.76 bits per heavy atom.